The molecule has 0 saturated heterocycles. The Labute approximate surface area is 175 Å². The van der Waals surface area contributed by atoms with E-state index in [2.05, 4.69) is 16.9 Å². The van der Waals surface area contributed by atoms with Gasteiger partial charge in [-0.1, -0.05) is 19.8 Å². The fraction of sp³-hybridized carbons (Fsp3) is 0.583. The van der Waals surface area contributed by atoms with E-state index in [0.717, 1.165) is 24.3 Å². The first-order chi connectivity index (χ1) is 14.5. The first kappa shape index (κ1) is 21.3. The van der Waals surface area contributed by atoms with Crippen LogP contribution >= 0.6 is 0 Å². The zero-order valence-corrected chi connectivity index (χ0v) is 17.3. The highest BCUT2D eigenvalue weighted by Gasteiger charge is 2.34. The molecule has 0 bridgehead atoms. The summed E-state index contributed by atoms with van der Waals surface area (Å²) in [5.74, 6) is -1.69. The highest BCUT2D eigenvalue weighted by atomic mass is 19.2. The zero-order chi connectivity index (χ0) is 21.3. The number of halogens is 4. The molecule has 162 valence electrons. The molecule has 1 heterocycles. The molecule has 0 amide bonds. The summed E-state index contributed by atoms with van der Waals surface area (Å²) in [6, 6.07) is 0. The van der Waals surface area contributed by atoms with Crippen LogP contribution in [0.2, 0.25) is 0 Å². The predicted octanol–water partition coefficient (Wildman–Crippen LogP) is 7.18. The van der Waals surface area contributed by atoms with Crippen LogP contribution in [0.1, 0.15) is 75.1 Å². The van der Waals surface area contributed by atoms with E-state index in [1.54, 1.807) is 0 Å². The molecule has 1 fully saturated rings. The number of rotatable bonds is 4. The normalized spacial score (nSPS) is 32.6. The fourth-order valence-corrected chi connectivity index (χ4v) is 5.06. The first-order valence-corrected chi connectivity index (χ1v) is 11.0. The maximum Gasteiger partial charge on any atom is 0.135 e. The lowest BCUT2D eigenvalue weighted by molar-refractivity contribution is 0.296. The molecule has 0 aromatic carbocycles. The Morgan fingerprint density at radius 1 is 0.933 bits per heavy atom. The van der Waals surface area contributed by atoms with Crippen LogP contribution < -0.4 is 0 Å². The van der Waals surface area contributed by atoms with Crippen molar-refractivity contribution in [1.29, 1.82) is 0 Å². The second-order valence-corrected chi connectivity index (χ2v) is 9.07. The van der Waals surface area contributed by atoms with Crippen LogP contribution in [0, 0.1) is 17.8 Å². The van der Waals surface area contributed by atoms with Gasteiger partial charge in [0.1, 0.15) is 30.0 Å². The van der Waals surface area contributed by atoms with Gasteiger partial charge < -0.3 is 0 Å². The maximum atomic E-state index is 14.8. The van der Waals surface area contributed by atoms with Crippen molar-refractivity contribution in [2.45, 2.75) is 63.7 Å². The van der Waals surface area contributed by atoms with Gasteiger partial charge in [0.2, 0.25) is 0 Å². The minimum atomic E-state index is -1.18. The summed E-state index contributed by atoms with van der Waals surface area (Å²) >= 11 is 0. The van der Waals surface area contributed by atoms with Gasteiger partial charge in [0.25, 0.3) is 0 Å². The molecule has 0 radical (unpaired) electrons. The van der Waals surface area contributed by atoms with Gasteiger partial charge in [0.15, 0.2) is 0 Å². The van der Waals surface area contributed by atoms with Gasteiger partial charge in [-0.2, -0.15) is 0 Å². The van der Waals surface area contributed by atoms with Crippen LogP contribution in [0.5, 0.6) is 0 Å². The van der Waals surface area contributed by atoms with Crippen LogP contribution in [0.15, 0.2) is 47.6 Å². The summed E-state index contributed by atoms with van der Waals surface area (Å²) in [7, 11) is 0. The van der Waals surface area contributed by atoms with Crippen molar-refractivity contribution in [2.75, 3.05) is 6.67 Å². The largest absolute Gasteiger partial charge is 0.246 e. The van der Waals surface area contributed by atoms with Gasteiger partial charge in [-0.25, -0.2) is 27.5 Å². The summed E-state index contributed by atoms with van der Waals surface area (Å²) in [5.41, 5.74) is 0.614. The second-order valence-electron chi connectivity index (χ2n) is 9.07. The van der Waals surface area contributed by atoms with Crippen molar-refractivity contribution >= 4 is 0 Å². The standard InChI is InChI=1S/C24H28F4N2/c1-14-2-4-15(5-3-14)18-12-29-24(30-13-18)16-6-7-19(21(26)8-16)17-9-22(27)20(11-25)23(28)10-17/h8-9,12-17,19H,2-7,10-11H2,1H3. The number of alkyl halides is 1. The molecular formula is C24H28F4N2. The Kier molecular flexibility index (Phi) is 6.40. The van der Waals surface area contributed by atoms with E-state index in [1.807, 2.05) is 12.4 Å². The van der Waals surface area contributed by atoms with Gasteiger partial charge >= 0.3 is 0 Å². The van der Waals surface area contributed by atoms with E-state index in [4.69, 9.17) is 0 Å². The molecule has 30 heavy (non-hydrogen) atoms. The number of hydrogen-bond donors (Lipinski definition) is 0. The van der Waals surface area contributed by atoms with Gasteiger partial charge in [-0.3, -0.25) is 0 Å². The number of aromatic nitrogens is 2. The SMILES string of the molecule is CC1CCC(c2cnc(C3C=C(F)C(C4C=C(F)C(CF)=C(F)C4)CC3)nc2)CC1. The van der Waals surface area contributed by atoms with Crippen molar-refractivity contribution in [3.05, 3.63) is 59.0 Å². The summed E-state index contributed by atoms with van der Waals surface area (Å²) in [6.45, 7) is 1.11. The smallest absolute Gasteiger partial charge is 0.135 e. The summed E-state index contributed by atoms with van der Waals surface area (Å²) in [6.07, 6.45) is 12.1. The molecule has 0 spiro atoms. The quantitative estimate of drug-likeness (QED) is 0.482. The van der Waals surface area contributed by atoms with Crippen molar-refractivity contribution in [2.24, 2.45) is 17.8 Å². The van der Waals surface area contributed by atoms with E-state index in [9.17, 15) is 17.6 Å². The lowest BCUT2D eigenvalue weighted by Crippen LogP contribution is -2.22. The molecule has 3 atom stereocenters. The third-order valence-corrected chi connectivity index (χ3v) is 7.06. The van der Waals surface area contributed by atoms with Crippen LogP contribution in [-0.2, 0) is 0 Å². The number of nitrogens with zero attached hydrogens (tertiary/aromatic N) is 2. The highest BCUT2D eigenvalue weighted by molar-refractivity contribution is 5.34. The van der Waals surface area contributed by atoms with Gasteiger partial charge in [-0.15, -0.1) is 0 Å². The zero-order valence-electron chi connectivity index (χ0n) is 17.3. The van der Waals surface area contributed by atoms with Crippen molar-refractivity contribution in [1.82, 2.24) is 9.97 Å². The fourth-order valence-electron chi connectivity index (χ4n) is 5.06. The molecule has 3 unspecified atom stereocenters. The molecule has 6 heteroatoms. The average molecular weight is 420 g/mol. The molecule has 1 saturated carbocycles. The molecule has 2 nitrogen and oxygen atoms in total. The highest BCUT2D eigenvalue weighted by Crippen LogP contribution is 2.44. The lowest BCUT2D eigenvalue weighted by atomic mass is 9.76. The van der Waals surface area contributed by atoms with Gasteiger partial charge in [0, 0.05) is 36.2 Å². The average Bonchev–Trinajstić information content (AvgIpc) is 2.74. The van der Waals surface area contributed by atoms with Crippen LogP contribution in [-0.4, -0.2) is 16.6 Å². The third-order valence-electron chi connectivity index (χ3n) is 7.06. The van der Waals surface area contributed by atoms with Gasteiger partial charge in [0.05, 0.1) is 0 Å². The van der Waals surface area contributed by atoms with Crippen LogP contribution in [0.25, 0.3) is 0 Å². The summed E-state index contributed by atoms with van der Waals surface area (Å²) in [5, 5.41) is 0. The second kappa shape index (κ2) is 9.03. The molecule has 1 aromatic heterocycles. The van der Waals surface area contributed by atoms with Crippen LogP contribution in [0.4, 0.5) is 17.6 Å². The minimum absolute atomic E-state index is 0.158. The van der Waals surface area contributed by atoms with E-state index in [-0.39, 0.29) is 18.2 Å². The minimum Gasteiger partial charge on any atom is -0.246 e. The molecule has 4 rings (SSSR count). The molecule has 3 aliphatic carbocycles. The Morgan fingerprint density at radius 2 is 1.63 bits per heavy atom. The van der Waals surface area contributed by atoms with E-state index < -0.39 is 35.7 Å². The van der Waals surface area contributed by atoms with Crippen molar-refractivity contribution in [3.8, 4) is 0 Å². The van der Waals surface area contributed by atoms with E-state index in [0.29, 0.717) is 24.6 Å². The predicted molar refractivity (Wildman–Crippen MR) is 108 cm³/mol. The Balaban J connectivity index is 1.43. The van der Waals surface area contributed by atoms with E-state index >= 15 is 0 Å². The van der Waals surface area contributed by atoms with Crippen molar-refractivity contribution < 1.29 is 17.6 Å². The monoisotopic (exact) mass is 420 g/mol. The van der Waals surface area contributed by atoms with Gasteiger partial charge in [-0.05, 0) is 61.2 Å². The summed E-state index contributed by atoms with van der Waals surface area (Å²) < 4.78 is 55.5. The lowest BCUT2D eigenvalue weighted by Gasteiger charge is -2.31. The maximum absolute atomic E-state index is 14.8. The number of allylic oxidation sites excluding steroid dienone is 6. The van der Waals surface area contributed by atoms with Crippen LogP contribution in [0.3, 0.4) is 0 Å². The molecular weight excluding hydrogens is 392 g/mol. The number of hydrogen-bond acceptors (Lipinski definition) is 2. The van der Waals surface area contributed by atoms with E-state index in [1.165, 1.54) is 25.0 Å². The molecule has 0 N–H and O–H groups in total. The third kappa shape index (κ3) is 4.37. The topological polar surface area (TPSA) is 25.8 Å². The Bertz CT molecular complexity index is 850. The first-order valence-electron chi connectivity index (χ1n) is 11.0. The molecule has 3 aliphatic rings. The Morgan fingerprint density at radius 3 is 2.23 bits per heavy atom. The Hall–Kier alpha value is -1.98. The molecule has 1 aromatic rings. The molecule has 0 aliphatic heterocycles. The van der Waals surface area contributed by atoms with Crippen molar-refractivity contribution in [3.63, 3.8) is 0 Å². The summed E-state index contributed by atoms with van der Waals surface area (Å²) in [4.78, 5) is 9.02.